The first-order chi connectivity index (χ1) is 11.4. The van der Waals surface area contributed by atoms with Crippen molar-refractivity contribution in [2.45, 2.75) is 37.5 Å². The van der Waals surface area contributed by atoms with Gasteiger partial charge in [0, 0.05) is 31.7 Å². The number of aliphatic hydroxyl groups is 1. The van der Waals surface area contributed by atoms with E-state index in [9.17, 15) is 13.2 Å². The maximum absolute atomic E-state index is 12.4. The largest absolute Gasteiger partial charge is 0.494 e. The molecule has 0 bridgehead atoms. The summed E-state index contributed by atoms with van der Waals surface area (Å²) in [5.74, 6) is 0.768. The highest BCUT2D eigenvalue weighted by atomic mass is 19.4. The van der Waals surface area contributed by atoms with Crippen molar-refractivity contribution in [2.24, 2.45) is 0 Å². The molecule has 1 heterocycles. The average molecular weight is 347 g/mol. The van der Waals surface area contributed by atoms with Crippen molar-refractivity contribution in [3.05, 3.63) is 29.8 Å². The number of alkyl halides is 3. The van der Waals surface area contributed by atoms with Gasteiger partial charge >= 0.3 is 6.18 Å². The van der Waals surface area contributed by atoms with Gasteiger partial charge < -0.3 is 19.9 Å². The standard InChI is InChI=1S/C17H24F3NO3/c1-2-24-14-5-3-13(4-6-14)16(7-9-23-10-8-16)12-21-11-15(22)17(18,19)20/h3-6,15,21-22H,2,7-12H2,1H3/t15-/m1/s1. The van der Waals surface area contributed by atoms with E-state index in [0.29, 0.717) is 26.4 Å². The molecule has 0 radical (unpaired) electrons. The van der Waals surface area contributed by atoms with E-state index in [2.05, 4.69) is 5.32 Å². The van der Waals surface area contributed by atoms with Crippen LogP contribution in [0.3, 0.4) is 0 Å². The highest BCUT2D eigenvalue weighted by Crippen LogP contribution is 2.35. The van der Waals surface area contributed by atoms with Crippen LogP contribution in [0.4, 0.5) is 13.2 Å². The summed E-state index contributed by atoms with van der Waals surface area (Å²) < 4.78 is 48.1. The monoisotopic (exact) mass is 347 g/mol. The van der Waals surface area contributed by atoms with Crippen LogP contribution in [0.25, 0.3) is 0 Å². The molecule has 1 saturated heterocycles. The molecule has 1 aromatic carbocycles. The number of benzene rings is 1. The van der Waals surface area contributed by atoms with Gasteiger partial charge in [0.25, 0.3) is 0 Å². The molecule has 24 heavy (non-hydrogen) atoms. The van der Waals surface area contributed by atoms with Crippen molar-refractivity contribution in [1.29, 1.82) is 0 Å². The van der Waals surface area contributed by atoms with Crippen LogP contribution < -0.4 is 10.1 Å². The second kappa shape index (κ2) is 8.18. The smallest absolute Gasteiger partial charge is 0.415 e. The van der Waals surface area contributed by atoms with Crippen molar-refractivity contribution in [1.82, 2.24) is 5.32 Å². The number of ether oxygens (including phenoxy) is 2. The van der Waals surface area contributed by atoms with Gasteiger partial charge in [-0.05, 0) is 37.5 Å². The number of hydrogen-bond donors (Lipinski definition) is 2. The van der Waals surface area contributed by atoms with Crippen molar-refractivity contribution in [2.75, 3.05) is 32.9 Å². The zero-order chi connectivity index (χ0) is 17.6. The summed E-state index contributed by atoms with van der Waals surface area (Å²) in [4.78, 5) is 0. The number of halogens is 3. The molecule has 1 aliphatic heterocycles. The third-order valence-corrected chi connectivity index (χ3v) is 4.41. The Morgan fingerprint density at radius 1 is 1.25 bits per heavy atom. The average Bonchev–Trinajstić information content (AvgIpc) is 2.56. The zero-order valence-electron chi connectivity index (χ0n) is 13.7. The number of aliphatic hydroxyl groups excluding tert-OH is 1. The molecule has 0 aliphatic carbocycles. The van der Waals surface area contributed by atoms with E-state index in [1.165, 1.54) is 0 Å². The lowest BCUT2D eigenvalue weighted by molar-refractivity contribution is -0.202. The summed E-state index contributed by atoms with van der Waals surface area (Å²) in [7, 11) is 0. The van der Waals surface area contributed by atoms with Crippen LogP contribution in [0.1, 0.15) is 25.3 Å². The first-order valence-corrected chi connectivity index (χ1v) is 8.14. The van der Waals surface area contributed by atoms with E-state index in [4.69, 9.17) is 14.6 Å². The van der Waals surface area contributed by atoms with E-state index < -0.39 is 18.8 Å². The van der Waals surface area contributed by atoms with Gasteiger partial charge in [-0.1, -0.05) is 12.1 Å². The SMILES string of the molecule is CCOc1ccc(C2(CNC[C@@H](O)C(F)(F)F)CCOCC2)cc1. The Hall–Kier alpha value is -1.31. The van der Waals surface area contributed by atoms with E-state index in [1.807, 2.05) is 31.2 Å². The summed E-state index contributed by atoms with van der Waals surface area (Å²) in [5.41, 5.74) is 0.747. The van der Waals surface area contributed by atoms with Crippen LogP contribution in [0.15, 0.2) is 24.3 Å². The Balaban J connectivity index is 2.06. The Bertz CT molecular complexity index is 499. The molecule has 1 atom stereocenters. The molecule has 0 amide bonds. The van der Waals surface area contributed by atoms with Gasteiger partial charge in [-0.2, -0.15) is 13.2 Å². The first-order valence-electron chi connectivity index (χ1n) is 8.14. The van der Waals surface area contributed by atoms with Crippen LogP contribution >= 0.6 is 0 Å². The number of hydrogen-bond acceptors (Lipinski definition) is 4. The molecule has 0 spiro atoms. The van der Waals surface area contributed by atoms with Gasteiger partial charge in [0.2, 0.25) is 0 Å². The molecule has 1 aromatic rings. The summed E-state index contributed by atoms with van der Waals surface area (Å²) in [6.07, 6.45) is -5.52. The van der Waals surface area contributed by atoms with Crippen LogP contribution in [-0.4, -0.2) is 50.3 Å². The predicted octanol–water partition coefficient (Wildman–Crippen LogP) is 2.65. The minimum atomic E-state index is -4.60. The zero-order valence-corrected chi connectivity index (χ0v) is 13.7. The van der Waals surface area contributed by atoms with Gasteiger partial charge in [0.05, 0.1) is 6.61 Å². The summed E-state index contributed by atoms with van der Waals surface area (Å²) in [6, 6.07) is 7.66. The minimum absolute atomic E-state index is 0.297. The van der Waals surface area contributed by atoms with Crippen LogP contribution in [0, 0.1) is 0 Å². The Labute approximate surface area is 140 Å². The third-order valence-electron chi connectivity index (χ3n) is 4.41. The second-order valence-corrected chi connectivity index (χ2v) is 6.04. The van der Waals surface area contributed by atoms with E-state index in [1.54, 1.807) is 0 Å². The molecule has 7 heteroatoms. The fourth-order valence-corrected chi connectivity index (χ4v) is 2.96. The van der Waals surface area contributed by atoms with Gasteiger partial charge in [-0.25, -0.2) is 0 Å². The predicted molar refractivity (Wildman–Crippen MR) is 84.3 cm³/mol. The Morgan fingerprint density at radius 2 is 1.88 bits per heavy atom. The fraction of sp³-hybridized carbons (Fsp3) is 0.647. The van der Waals surface area contributed by atoms with Gasteiger partial charge in [0.15, 0.2) is 6.10 Å². The minimum Gasteiger partial charge on any atom is -0.494 e. The van der Waals surface area contributed by atoms with Crippen molar-refractivity contribution >= 4 is 0 Å². The lowest BCUT2D eigenvalue weighted by Gasteiger charge is -2.38. The van der Waals surface area contributed by atoms with Gasteiger partial charge in [0.1, 0.15) is 5.75 Å². The summed E-state index contributed by atoms with van der Waals surface area (Å²) >= 11 is 0. The molecule has 0 saturated carbocycles. The second-order valence-electron chi connectivity index (χ2n) is 6.04. The fourth-order valence-electron chi connectivity index (χ4n) is 2.96. The topological polar surface area (TPSA) is 50.7 Å². The Morgan fingerprint density at radius 3 is 2.42 bits per heavy atom. The maximum atomic E-state index is 12.4. The van der Waals surface area contributed by atoms with E-state index in [0.717, 1.165) is 24.2 Å². The third kappa shape index (κ3) is 4.84. The molecular formula is C17H24F3NO3. The van der Waals surface area contributed by atoms with Gasteiger partial charge in [-0.15, -0.1) is 0 Å². The first kappa shape index (κ1) is 19.0. The number of rotatable bonds is 7. The molecule has 2 rings (SSSR count). The highest BCUT2D eigenvalue weighted by molar-refractivity contribution is 5.33. The molecule has 4 nitrogen and oxygen atoms in total. The molecule has 0 aromatic heterocycles. The van der Waals surface area contributed by atoms with E-state index >= 15 is 0 Å². The Kier molecular flexibility index (Phi) is 6.48. The number of nitrogens with one attached hydrogen (secondary N) is 1. The lowest BCUT2D eigenvalue weighted by Crippen LogP contribution is -2.46. The van der Waals surface area contributed by atoms with Crippen molar-refractivity contribution in [3.63, 3.8) is 0 Å². The molecule has 1 aliphatic rings. The normalized spacial score (nSPS) is 19.0. The van der Waals surface area contributed by atoms with Gasteiger partial charge in [-0.3, -0.25) is 0 Å². The summed E-state index contributed by atoms with van der Waals surface area (Å²) in [6.45, 7) is 3.47. The highest BCUT2D eigenvalue weighted by Gasteiger charge is 2.39. The molecule has 136 valence electrons. The lowest BCUT2D eigenvalue weighted by atomic mass is 9.74. The molecule has 1 fully saturated rings. The van der Waals surface area contributed by atoms with Crippen molar-refractivity contribution < 1.29 is 27.8 Å². The van der Waals surface area contributed by atoms with Crippen molar-refractivity contribution in [3.8, 4) is 5.75 Å². The summed E-state index contributed by atoms with van der Waals surface area (Å²) in [5, 5.41) is 11.9. The van der Waals surface area contributed by atoms with Crippen LogP contribution in [-0.2, 0) is 10.2 Å². The van der Waals surface area contributed by atoms with Crippen LogP contribution in [0.2, 0.25) is 0 Å². The maximum Gasteiger partial charge on any atom is 0.415 e. The quantitative estimate of drug-likeness (QED) is 0.796. The molecule has 2 N–H and O–H groups in total. The molecule has 0 unspecified atom stereocenters. The molecular weight excluding hydrogens is 323 g/mol. The van der Waals surface area contributed by atoms with Crippen LogP contribution in [0.5, 0.6) is 5.75 Å². The van der Waals surface area contributed by atoms with E-state index in [-0.39, 0.29) is 5.41 Å².